The fourth-order valence-corrected chi connectivity index (χ4v) is 2.64. The smallest absolute Gasteiger partial charge is 0.320 e. The first-order valence-electron chi connectivity index (χ1n) is 8.09. The van der Waals surface area contributed by atoms with Crippen LogP contribution in [-0.4, -0.2) is 23.7 Å². The Bertz CT molecular complexity index is 706. The number of hydrogen-bond donors (Lipinski definition) is 2. The van der Waals surface area contributed by atoms with Crippen LogP contribution in [0.15, 0.2) is 46.9 Å². The second kappa shape index (κ2) is 9.44. The van der Waals surface area contributed by atoms with Crippen molar-refractivity contribution < 1.29 is 19.4 Å². The number of carbonyl (C=O) groups is 1. The number of benzene rings is 2. The summed E-state index contributed by atoms with van der Waals surface area (Å²) in [5, 5.41) is 11.9. The molecule has 0 aliphatic rings. The van der Waals surface area contributed by atoms with Gasteiger partial charge in [0, 0.05) is 11.0 Å². The first-order chi connectivity index (χ1) is 12.0. The van der Waals surface area contributed by atoms with Gasteiger partial charge in [0.25, 0.3) is 0 Å². The Labute approximate surface area is 156 Å². The second-order valence-corrected chi connectivity index (χ2v) is 6.39. The monoisotopic (exact) mass is 407 g/mol. The van der Waals surface area contributed by atoms with Crippen molar-refractivity contribution in [3.05, 3.63) is 58.1 Å². The van der Waals surface area contributed by atoms with Crippen LogP contribution in [0.2, 0.25) is 0 Å². The summed E-state index contributed by atoms with van der Waals surface area (Å²) in [5.41, 5.74) is 1.98. The Balaban J connectivity index is 2.13. The van der Waals surface area contributed by atoms with E-state index in [0.717, 1.165) is 15.6 Å². The minimum Gasteiger partial charge on any atom is -0.490 e. The molecule has 0 heterocycles. The lowest BCUT2D eigenvalue weighted by atomic mass is 10.2. The first-order valence-corrected chi connectivity index (χ1v) is 8.88. The minimum atomic E-state index is -0.885. The zero-order valence-corrected chi connectivity index (χ0v) is 15.9. The van der Waals surface area contributed by atoms with Gasteiger partial charge in [0.2, 0.25) is 0 Å². The van der Waals surface area contributed by atoms with E-state index >= 15 is 0 Å². The molecular formula is C19H22BrNO4. The van der Waals surface area contributed by atoms with E-state index in [1.807, 2.05) is 49.4 Å². The maximum absolute atomic E-state index is 10.9. The minimum absolute atomic E-state index is 0.410. The lowest BCUT2D eigenvalue weighted by Gasteiger charge is -2.16. The van der Waals surface area contributed by atoms with E-state index in [1.54, 1.807) is 6.92 Å². The molecule has 2 N–H and O–H groups in total. The van der Waals surface area contributed by atoms with Crippen LogP contribution in [0.1, 0.15) is 25.0 Å². The standard InChI is InChI=1S/C19H22BrNO4/c1-3-24-17-9-15(11-21-13(2)19(22)23)16(20)10-18(17)25-12-14-7-5-4-6-8-14/h4-10,13,21H,3,11-12H2,1-2H3,(H,22,23). The van der Waals surface area contributed by atoms with Crippen LogP contribution in [0.4, 0.5) is 0 Å². The van der Waals surface area contributed by atoms with Crippen LogP contribution in [0.3, 0.4) is 0 Å². The molecule has 0 aliphatic carbocycles. The number of carboxylic acids is 1. The topological polar surface area (TPSA) is 67.8 Å². The predicted molar refractivity (Wildman–Crippen MR) is 100 cm³/mol. The molecule has 0 aliphatic heterocycles. The molecule has 0 bridgehead atoms. The average Bonchev–Trinajstić information content (AvgIpc) is 2.61. The normalized spacial score (nSPS) is 11.8. The molecule has 0 amide bonds. The van der Waals surface area contributed by atoms with Crippen molar-refractivity contribution >= 4 is 21.9 Å². The molecule has 0 saturated heterocycles. The highest BCUT2D eigenvalue weighted by Gasteiger charge is 2.14. The molecule has 134 valence electrons. The maximum Gasteiger partial charge on any atom is 0.320 e. The van der Waals surface area contributed by atoms with E-state index in [-0.39, 0.29) is 0 Å². The summed E-state index contributed by atoms with van der Waals surface area (Å²) in [6.07, 6.45) is 0. The molecule has 0 spiro atoms. The lowest BCUT2D eigenvalue weighted by Crippen LogP contribution is -2.33. The number of rotatable bonds is 9. The van der Waals surface area contributed by atoms with Crippen molar-refractivity contribution in [3.63, 3.8) is 0 Å². The molecule has 2 aromatic rings. The Kier molecular flexibility index (Phi) is 7.28. The van der Waals surface area contributed by atoms with Gasteiger partial charge in [-0.15, -0.1) is 0 Å². The van der Waals surface area contributed by atoms with Crippen molar-refractivity contribution in [1.82, 2.24) is 5.32 Å². The van der Waals surface area contributed by atoms with Gasteiger partial charge in [-0.05, 0) is 37.1 Å². The fourth-order valence-electron chi connectivity index (χ4n) is 2.18. The third-order valence-corrected chi connectivity index (χ3v) is 4.36. The van der Waals surface area contributed by atoms with E-state index in [0.29, 0.717) is 31.3 Å². The van der Waals surface area contributed by atoms with Crippen LogP contribution in [0.25, 0.3) is 0 Å². The lowest BCUT2D eigenvalue weighted by molar-refractivity contribution is -0.139. The SMILES string of the molecule is CCOc1cc(CNC(C)C(=O)O)c(Br)cc1OCc1ccccc1. The van der Waals surface area contributed by atoms with Gasteiger partial charge in [0.1, 0.15) is 12.6 Å². The molecular weight excluding hydrogens is 386 g/mol. The van der Waals surface area contributed by atoms with Gasteiger partial charge >= 0.3 is 5.97 Å². The van der Waals surface area contributed by atoms with E-state index in [9.17, 15) is 4.79 Å². The third-order valence-electron chi connectivity index (χ3n) is 3.62. The maximum atomic E-state index is 10.9. The van der Waals surface area contributed by atoms with Crippen molar-refractivity contribution in [1.29, 1.82) is 0 Å². The summed E-state index contributed by atoms with van der Waals surface area (Å²) in [4.78, 5) is 10.9. The van der Waals surface area contributed by atoms with Crippen LogP contribution in [0.5, 0.6) is 11.5 Å². The summed E-state index contributed by atoms with van der Waals surface area (Å²) in [6, 6.07) is 13.0. The van der Waals surface area contributed by atoms with Gasteiger partial charge in [0.15, 0.2) is 11.5 Å². The van der Waals surface area contributed by atoms with E-state index in [1.165, 1.54) is 0 Å². The number of halogens is 1. The first kappa shape index (κ1) is 19.3. The number of nitrogens with one attached hydrogen (secondary N) is 1. The Morgan fingerprint density at radius 3 is 2.52 bits per heavy atom. The summed E-state index contributed by atoms with van der Waals surface area (Å²) in [7, 11) is 0. The molecule has 2 rings (SSSR count). The molecule has 5 nitrogen and oxygen atoms in total. The van der Waals surface area contributed by atoms with Gasteiger partial charge in [0.05, 0.1) is 6.61 Å². The van der Waals surface area contributed by atoms with Crippen molar-refractivity contribution in [3.8, 4) is 11.5 Å². The van der Waals surface area contributed by atoms with Crippen LogP contribution < -0.4 is 14.8 Å². The van der Waals surface area contributed by atoms with Crippen molar-refractivity contribution in [2.45, 2.75) is 33.0 Å². The summed E-state index contributed by atoms with van der Waals surface area (Å²) in [5.74, 6) is 0.401. The molecule has 1 atom stereocenters. The molecule has 0 aromatic heterocycles. The van der Waals surface area contributed by atoms with Crippen molar-refractivity contribution in [2.24, 2.45) is 0 Å². The number of hydrogen-bond acceptors (Lipinski definition) is 4. The number of aliphatic carboxylic acids is 1. The molecule has 25 heavy (non-hydrogen) atoms. The van der Waals surface area contributed by atoms with E-state index in [2.05, 4.69) is 21.2 Å². The Hall–Kier alpha value is -2.05. The number of ether oxygens (including phenoxy) is 2. The summed E-state index contributed by atoms with van der Waals surface area (Å²) < 4.78 is 12.4. The highest BCUT2D eigenvalue weighted by molar-refractivity contribution is 9.10. The summed E-state index contributed by atoms with van der Waals surface area (Å²) in [6.45, 7) is 4.89. The Morgan fingerprint density at radius 1 is 1.20 bits per heavy atom. The zero-order chi connectivity index (χ0) is 18.2. The number of carboxylic acid groups (broad SMARTS) is 1. The Morgan fingerprint density at radius 2 is 1.88 bits per heavy atom. The van der Waals surface area contributed by atoms with Crippen LogP contribution in [-0.2, 0) is 17.9 Å². The van der Waals surface area contributed by atoms with Crippen LogP contribution in [0, 0.1) is 0 Å². The highest BCUT2D eigenvalue weighted by Crippen LogP contribution is 2.34. The van der Waals surface area contributed by atoms with Crippen molar-refractivity contribution in [2.75, 3.05) is 6.61 Å². The molecule has 0 radical (unpaired) electrons. The van der Waals surface area contributed by atoms with Gasteiger partial charge in [-0.3, -0.25) is 4.79 Å². The molecule has 6 heteroatoms. The largest absolute Gasteiger partial charge is 0.490 e. The van der Waals surface area contributed by atoms with E-state index in [4.69, 9.17) is 14.6 Å². The molecule has 0 saturated carbocycles. The molecule has 0 fully saturated rings. The fraction of sp³-hybridized carbons (Fsp3) is 0.316. The second-order valence-electron chi connectivity index (χ2n) is 5.54. The van der Waals surface area contributed by atoms with Gasteiger partial charge in [-0.1, -0.05) is 46.3 Å². The average molecular weight is 408 g/mol. The highest BCUT2D eigenvalue weighted by atomic mass is 79.9. The third kappa shape index (κ3) is 5.76. The van der Waals surface area contributed by atoms with Gasteiger partial charge < -0.3 is 19.9 Å². The zero-order valence-electron chi connectivity index (χ0n) is 14.3. The van der Waals surface area contributed by atoms with Gasteiger partial charge in [-0.25, -0.2) is 0 Å². The summed E-state index contributed by atoms with van der Waals surface area (Å²) >= 11 is 3.52. The molecule has 1 unspecified atom stereocenters. The van der Waals surface area contributed by atoms with Crippen LogP contribution >= 0.6 is 15.9 Å². The predicted octanol–water partition coefficient (Wildman–Crippen LogP) is 3.99. The molecule has 2 aromatic carbocycles. The quantitative estimate of drug-likeness (QED) is 0.657. The van der Waals surface area contributed by atoms with E-state index < -0.39 is 12.0 Å². The van der Waals surface area contributed by atoms with Gasteiger partial charge in [-0.2, -0.15) is 0 Å².